The summed E-state index contributed by atoms with van der Waals surface area (Å²) in [6.07, 6.45) is 2.43. The van der Waals surface area contributed by atoms with Gasteiger partial charge in [-0.3, -0.25) is 10.4 Å². The van der Waals surface area contributed by atoms with Gasteiger partial charge in [0, 0.05) is 42.2 Å². The molecule has 5 rings (SSSR count). The van der Waals surface area contributed by atoms with Gasteiger partial charge in [0.1, 0.15) is 5.84 Å². The first-order valence-electron chi connectivity index (χ1n) is 11.8. The fourth-order valence-corrected chi connectivity index (χ4v) is 6.50. The van der Waals surface area contributed by atoms with Crippen molar-refractivity contribution in [3.63, 3.8) is 0 Å². The van der Waals surface area contributed by atoms with Crippen molar-refractivity contribution in [1.29, 1.82) is 5.41 Å². The van der Waals surface area contributed by atoms with Gasteiger partial charge in [-0.05, 0) is 67.8 Å². The molecule has 2 atom stereocenters. The van der Waals surface area contributed by atoms with Crippen molar-refractivity contribution in [2.45, 2.75) is 25.2 Å². The monoisotopic (exact) mass is 512 g/mol. The number of benzene rings is 2. The number of nitrogens with zero attached hydrogens (tertiary/aromatic N) is 3. The van der Waals surface area contributed by atoms with E-state index in [2.05, 4.69) is 28.1 Å². The third-order valence-electron chi connectivity index (χ3n) is 7.27. The van der Waals surface area contributed by atoms with Crippen LogP contribution in [0, 0.1) is 18.3 Å². The maximum Gasteiger partial charge on any atom is 0.129 e. The summed E-state index contributed by atoms with van der Waals surface area (Å²) < 4.78 is 0. The lowest BCUT2D eigenvalue weighted by molar-refractivity contribution is 0.299. The Morgan fingerprint density at radius 1 is 1.21 bits per heavy atom. The van der Waals surface area contributed by atoms with Gasteiger partial charge in [0.05, 0.1) is 21.4 Å². The molecular formula is C27H30Cl2N4S. The van der Waals surface area contributed by atoms with E-state index in [9.17, 15) is 0 Å². The number of aryl methyl sites for hydroxylation is 1. The average molecular weight is 514 g/mol. The highest BCUT2D eigenvalue weighted by Crippen LogP contribution is 2.59. The molecule has 2 heterocycles. The zero-order valence-electron chi connectivity index (χ0n) is 19.7. The molecule has 0 unspecified atom stereocenters. The zero-order valence-corrected chi connectivity index (χ0v) is 22.0. The second kappa shape index (κ2) is 9.69. The third-order valence-corrected chi connectivity index (χ3v) is 9.15. The van der Waals surface area contributed by atoms with E-state index in [0.29, 0.717) is 21.3 Å². The van der Waals surface area contributed by atoms with Crippen molar-refractivity contribution in [2.24, 2.45) is 5.92 Å². The number of nitrogens with one attached hydrogen (secondary N) is 1. The van der Waals surface area contributed by atoms with Gasteiger partial charge in [-0.1, -0.05) is 47.5 Å². The summed E-state index contributed by atoms with van der Waals surface area (Å²) in [5.74, 6) is 3.20. The number of halogens is 2. The van der Waals surface area contributed by atoms with Crippen LogP contribution in [0.25, 0.3) is 10.9 Å². The Hall–Kier alpha value is -1.79. The molecule has 4 nitrogen and oxygen atoms in total. The Labute approximate surface area is 216 Å². The molecule has 0 amide bonds. The molecular weight excluding hydrogens is 483 g/mol. The summed E-state index contributed by atoms with van der Waals surface area (Å²) in [4.78, 5) is 9.24. The largest absolute Gasteiger partial charge is 0.350 e. The number of hydrogen-bond acceptors (Lipinski definition) is 4. The summed E-state index contributed by atoms with van der Waals surface area (Å²) in [6.45, 7) is 5.43. The van der Waals surface area contributed by atoms with Crippen molar-refractivity contribution in [3.05, 3.63) is 75.4 Å². The van der Waals surface area contributed by atoms with E-state index in [1.54, 1.807) is 0 Å². The van der Waals surface area contributed by atoms with Gasteiger partial charge in [0.2, 0.25) is 0 Å². The first-order chi connectivity index (χ1) is 16.4. The average Bonchev–Trinajstić information content (AvgIpc) is 3.40. The number of aromatic nitrogens is 1. The highest BCUT2D eigenvalue weighted by Gasteiger charge is 2.60. The van der Waals surface area contributed by atoms with Crippen molar-refractivity contribution < 1.29 is 0 Å². The van der Waals surface area contributed by atoms with Gasteiger partial charge in [0.15, 0.2) is 0 Å². The molecule has 3 aromatic rings. The Balaban J connectivity index is 1.08. The van der Waals surface area contributed by atoms with E-state index in [1.165, 1.54) is 18.5 Å². The lowest BCUT2D eigenvalue weighted by atomic mass is 9.95. The van der Waals surface area contributed by atoms with Crippen LogP contribution >= 0.6 is 35.0 Å². The van der Waals surface area contributed by atoms with Crippen LogP contribution in [0.15, 0.2) is 48.5 Å². The number of fused-ring (bicyclic) bond motifs is 2. The topological polar surface area (TPSA) is 43.2 Å². The van der Waals surface area contributed by atoms with Gasteiger partial charge in [-0.25, -0.2) is 0 Å². The van der Waals surface area contributed by atoms with Crippen molar-refractivity contribution >= 4 is 51.7 Å². The van der Waals surface area contributed by atoms with Gasteiger partial charge < -0.3 is 9.80 Å². The van der Waals surface area contributed by atoms with Crippen LogP contribution in [0.5, 0.6) is 0 Å². The molecule has 1 N–H and O–H groups in total. The molecule has 2 aliphatic rings. The van der Waals surface area contributed by atoms with Crippen molar-refractivity contribution in [1.82, 2.24) is 14.8 Å². The van der Waals surface area contributed by atoms with E-state index in [-0.39, 0.29) is 0 Å². The summed E-state index contributed by atoms with van der Waals surface area (Å²) in [7, 11) is 2.00. The molecule has 0 spiro atoms. The first-order valence-corrected chi connectivity index (χ1v) is 13.7. The molecule has 34 heavy (non-hydrogen) atoms. The van der Waals surface area contributed by atoms with Crippen molar-refractivity contribution in [3.8, 4) is 0 Å². The third kappa shape index (κ3) is 4.68. The van der Waals surface area contributed by atoms with Crippen LogP contribution in [-0.2, 0) is 5.41 Å². The summed E-state index contributed by atoms with van der Waals surface area (Å²) in [5, 5.41) is 11.0. The molecule has 1 aliphatic heterocycles. The minimum Gasteiger partial charge on any atom is -0.350 e. The molecule has 1 aromatic heterocycles. The molecule has 1 saturated heterocycles. The second-order valence-corrected chi connectivity index (χ2v) is 11.6. The number of likely N-dealkylation sites (tertiary alicyclic amines) is 1. The Morgan fingerprint density at radius 3 is 2.88 bits per heavy atom. The lowest BCUT2D eigenvalue weighted by Crippen LogP contribution is -2.28. The number of hydrogen-bond donors (Lipinski definition) is 1. The summed E-state index contributed by atoms with van der Waals surface area (Å²) >= 11 is 14.3. The van der Waals surface area contributed by atoms with Crippen LogP contribution < -0.4 is 0 Å². The second-order valence-electron chi connectivity index (χ2n) is 9.68. The minimum atomic E-state index is 0.294. The predicted octanol–water partition coefficient (Wildman–Crippen LogP) is 6.46. The fraction of sp³-hybridized carbons (Fsp3) is 0.407. The van der Waals surface area contributed by atoms with Gasteiger partial charge in [-0.15, -0.1) is 11.8 Å². The van der Waals surface area contributed by atoms with Gasteiger partial charge >= 0.3 is 0 Å². The Kier molecular flexibility index (Phi) is 6.82. The number of amidine groups is 1. The summed E-state index contributed by atoms with van der Waals surface area (Å²) in [5.41, 5.74) is 4.53. The molecule has 2 fully saturated rings. The molecule has 2 aromatic carbocycles. The zero-order chi connectivity index (χ0) is 23.9. The molecule has 0 radical (unpaired) electrons. The molecule has 1 saturated carbocycles. The Morgan fingerprint density at radius 2 is 2.06 bits per heavy atom. The minimum absolute atomic E-state index is 0.294. The van der Waals surface area contributed by atoms with E-state index >= 15 is 0 Å². The van der Waals surface area contributed by atoms with E-state index in [0.717, 1.165) is 59.2 Å². The lowest BCUT2D eigenvalue weighted by Gasteiger charge is -2.22. The molecule has 7 heteroatoms. The van der Waals surface area contributed by atoms with Gasteiger partial charge in [-0.2, -0.15) is 0 Å². The predicted molar refractivity (Wildman–Crippen MR) is 146 cm³/mol. The first kappa shape index (κ1) is 23.9. The maximum atomic E-state index is 8.71. The SMILES string of the molecule is Cc1ccc2c(C(=N)N(C)CSCCCN3C[C@H]4C[C@@]4(c4ccc(Cl)c(Cl)c4)C3)cccc2n1. The standard InChI is InChI=1S/C27H30Cl2N4S/c1-18-7-9-21-22(5-3-6-25(21)31-18)26(30)32(2)17-34-12-4-11-33-15-20-14-27(20,16-33)19-8-10-23(28)24(29)13-19/h3,5-10,13,20,30H,4,11-12,14-17H2,1-2H3/t20-,27+/m1/s1. The normalized spacial score (nSPS) is 21.6. The number of rotatable bonds is 8. The van der Waals surface area contributed by atoms with E-state index in [4.69, 9.17) is 28.6 Å². The van der Waals surface area contributed by atoms with Crippen LogP contribution in [0.4, 0.5) is 0 Å². The number of pyridine rings is 1. The maximum absolute atomic E-state index is 8.71. The summed E-state index contributed by atoms with van der Waals surface area (Å²) in [6, 6.07) is 16.3. The van der Waals surface area contributed by atoms with Crippen LogP contribution in [-0.4, -0.2) is 58.9 Å². The molecule has 178 valence electrons. The van der Waals surface area contributed by atoms with Crippen LogP contribution in [0.1, 0.15) is 29.7 Å². The quantitative estimate of drug-likeness (QED) is 0.163. The molecule has 1 aliphatic carbocycles. The van der Waals surface area contributed by atoms with Crippen LogP contribution in [0.2, 0.25) is 10.0 Å². The number of piperidine rings is 1. The fourth-order valence-electron chi connectivity index (χ4n) is 5.34. The molecule has 0 bridgehead atoms. The van der Waals surface area contributed by atoms with E-state index in [1.807, 2.05) is 61.0 Å². The van der Waals surface area contributed by atoms with Crippen LogP contribution in [0.3, 0.4) is 0 Å². The van der Waals surface area contributed by atoms with Gasteiger partial charge in [0.25, 0.3) is 0 Å². The smallest absolute Gasteiger partial charge is 0.129 e. The Bertz CT molecular complexity index is 1230. The highest BCUT2D eigenvalue weighted by molar-refractivity contribution is 7.99. The number of thioether (sulfide) groups is 1. The van der Waals surface area contributed by atoms with E-state index < -0.39 is 0 Å². The highest BCUT2D eigenvalue weighted by atomic mass is 35.5. The van der Waals surface area contributed by atoms with Crippen molar-refractivity contribution in [2.75, 3.05) is 38.3 Å².